The molecular formula is C22H32N2O3. The van der Waals surface area contributed by atoms with E-state index in [1.54, 1.807) is 25.3 Å². The highest BCUT2D eigenvalue weighted by atomic mass is 16.5. The average Bonchev–Trinajstić information content (AvgIpc) is 2.99. The van der Waals surface area contributed by atoms with Crippen molar-refractivity contribution in [3.63, 3.8) is 0 Å². The van der Waals surface area contributed by atoms with Crippen molar-refractivity contribution in [2.75, 3.05) is 13.7 Å². The number of carbonyl (C=O) groups excluding carboxylic acids is 1. The Labute approximate surface area is 162 Å². The number of unbranched alkanes of at least 4 members (excludes halogenated alkanes) is 1. The van der Waals surface area contributed by atoms with E-state index < -0.39 is 0 Å². The number of hydrogen-bond donors (Lipinski definition) is 1. The summed E-state index contributed by atoms with van der Waals surface area (Å²) >= 11 is 0. The lowest BCUT2D eigenvalue weighted by molar-refractivity contribution is 0.0953. The number of carbonyl (C=O) groups is 1. The zero-order valence-corrected chi connectivity index (χ0v) is 17.2. The minimum absolute atomic E-state index is 0.0829. The normalized spacial score (nSPS) is 27.0. The van der Waals surface area contributed by atoms with Crippen LogP contribution in [0.4, 0.5) is 0 Å². The minimum Gasteiger partial charge on any atom is -0.493 e. The van der Waals surface area contributed by atoms with E-state index in [2.05, 4.69) is 38.2 Å². The molecule has 0 unspecified atom stereocenters. The van der Waals surface area contributed by atoms with Crippen LogP contribution in [0.15, 0.2) is 23.3 Å². The molecule has 2 aliphatic rings. The molecule has 0 aromatic heterocycles. The number of amides is 1. The molecule has 0 spiro atoms. The summed E-state index contributed by atoms with van der Waals surface area (Å²) in [5, 5.41) is 4.53. The summed E-state index contributed by atoms with van der Waals surface area (Å²) < 4.78 is 11.1. The van der Waals surface area contributed by atoms with E-state index in [1.165, 1.54) is 6.42 Å². The van der Waals surface area contributed by atoms with Crippen LogP contribution in [0.5, 0.6) is 11.5 Å². The third-order valence-electron chi connectivity index (χ3n) is 6.99. The molecule has 5 heteroatoms. The molecule has 1 N–H and O–H groups in total. The van der Waals surface area contributed by atoms with Gasteiger partial charge in [-0.1, -0.05) is 34.1 Å². The van der Waals surface area contributed by atoms with E-state index >= 15 is 0 Å². The van der Waals surface area contributed by atoms with Crippen molar-refractivity contribution in [1.29, 1.82) is 0 Å². The van der Waals surface area contributed by atoms with Crippen LogP contribution in [0.1, 0.15) is 70.2 Å². The Kier molecular flexibility index (Phi) is 5.50. The van der Waals surface area contributed by atoms with Crippen molar-refractivity contribution < 1.29 is 14.3 Å². The Balaban J connectivity index is 1.70. The van der Waals surface area contributed by atoms with Crippen molar-refractivity contribution in [3.05, 3.63) is 23.8 Å². The highest BCUT2D eigenvalue weighted by Gasteiger charge is 2.60. The zero-order chi connectivity index (χ0) is 19.7. The van der Waals surface area contributed by atoms with Gasteiger partial charge in [0.25, 0.3) is 5.91 Å². The van der Waals surface area contributed by atoms with Gasteiger partial charge in [0.1, 0.15) is 0 Å². The molecule has 1 amide bonds. The van der Waals surface area contributed by atoms with Crippen molar-refractivity contribution in [2.24, 2.45) is 21.8 Å². The number of ether oxygens (including phenoxy) is 2. The third-order valence-corrected chi connectivity index (χ3v) is 6.99. The van der Waals surface area contributed by atoms with Gasteiger partial charge in [0, 0.05) is 16.7 Å². The first-order valence-corrected chi connectivity index (χ1v) is 10.0. The highest BCUT2D eigenvalue weighted by Crippen LogP contribution is 2.63. The second kappa shape index (κ2) is 7.53. The number of nitrogens with zero attached hydrogens (tertiary/aromatic N) is 1. The molecule has 2 atom stereocenters. The lowest BCUT2D eigenvalue weighted by Crippen LogP contribution is -2.34. The van der Waals surface area contributed by atoms with Gasteiger partial charge in [-0.3, -0.25) is 4.79 Å². The number of nitrogens with one attached hydrogen (secondary N) is 1. The van der Waals surface area contributed by atoms with Crippen LogP contribution in [0.2, 0.25) is 0 Å². The summed E-state index contributed by atoms with van der Waals surface area (Å²) in [5.74, 6) is 1.68. The lowest BCUT2D eigenvalue weighted by Gasteiger charge is -2.34. The average molecular weight is 373 g/mol. The molecule has 0 heterocycles. The van der Waals surface area contributed by atoms with Crippen LogP contribution < -0.4 is 14.9 Å². The maximum absolute atomic E-state index is 12.6. The number of rotatable bonds is 7. The summed E-state index contributed by atoms with van der Waals surface area (Å²) in [6, 6.07) is 5.26. The van der Waals surface area contributed by atoms with E-state index in [0.29, 0.717) is 29.6 Å². The van der Waals surface area contributed by atoms with E-state index in [-0.39, 0.29) is 16.7 Å². The summed E-state index contributed by atoms with van der Waals surface area (Å²) in [7, 11) is 1.59. The predicted molar refractivity (Wildman–Crippen MR) is 108 cm³/mol. The standard InChI is InChI=1S/C22H32N2O3/c1-6-7-12-27-17-9-8-15(13-18(17)26-5)20(25)24-23-19-14-16-10-11-22(19,4)21(16,2)3/h8-9,13,16H,6-7,10-12,14H2,1-5H3,(H,24,25)/b23-19-/t16-,22+/m1/s1. The Morgan fingerprint density at radius 1 is 1.30 bits per heavy atom. The number of hydrazone groups is 1. The Morgan fingerprint density at radius 3 is 2.67 bits per heavy atom. The van der Waals surface area contributed by atoms with Crippen LogP contribution in [-0.4, -0.2) is 25.3 Å². The quantitative estimate of drug-likeness (QED) is 0.552. The van der Waals surface area contributed by atoms with Gasteiger partial charge in [-0.2, -0.15) is 5.10 Å². The molecule has 5 nitrogen and oxygen atoms in total. The first kappa shape index (κ1) is 19.7. The summed E-state index contributed by atoms with van der Waals surface area (Å²) in [6.07, 6.45) is 5.44. The maximum Gasteiger partial charge on any atom is 0.271 e. The summed E-state index contributed by atoms with van der Waals surface area (Å²) in [4.78, 5) is 12.6. The Hall–Kier alpha value is -2.04. The molecule has 1 aromatic rings. The molecule has 2 saturated carbocycles. The fourth-order valence-electron chi connectivity index (χ4n) is 4.53. The van der Waals surface area contributed by atoms with E-state index in [9.17, 15) is 4.79 Å². The molecule has 1 aromatic carbocycles. The summed E-state index contributed by atoms with van der Waals surface area (Å²) in [6.45, 7) is 9.71. The molecule has 2 aliphatic carbocycles. The number of hydrogen-bond acceptors (Lipinski definition) is 4. The second-order valence-electron chi connectivity index (χ2n) is 8.56. The number of fused-ring (bicyclic) bond motifs is 2. The molecule has 3 rings (SSSR count). The minimum atomic E-state index is -0.218. The molecule has 27 heavy (non-hydrogen) atoms. The molecule has 0 radical (unpaired) electrons. The molecule has 148 valence electrons. The highest BCUT2D eigenvalue weighted by molar-refractivity contribution is 5.98. The largest absolute Gasteiger partial charge is 0.493 e. The van der Waals surface area contributed by atoms with Gasteiger partial charge in [-0.05, 0) is 55.2 Å². The monoisotopic (exact) mass is 372 g/mol. The number of benzene rings is 1. The van der Waals surface area contributed by atoms with Crippen LogP contribution in [0, 0.1) is 16.7 Å². The van der Waals surface area contributed by atoms with E-state index in [4.69, 9.17) is 9.47 Å². The van der Waals surface area contributed by atoms with Crippen LogP contribution >= 0.6 is 0 Å². The van der Waals surface area contributed by atoms with Gasteiger partial charge < -0.3 is 9.47 Å². The van der Waals surface area contributed by atoms with Crippen molar-refractivity contribution in [3.8, 4) is 11.5 Å². The zero-order valence-electron chi connectivity index (χ0n) is 17.2. The third kappa shape index (κ3) is 3.44. The first-order valence-electron chi connectivity index (χ1n) is 10.0. The van der Waals surface area contributed by atoms with Gasteiger partial charge in [0.15, 0.2) is 11.5 Å². The lowest BCUT2D eigenvalue weighted by atomic mass is 9.70. The van der Waals surface area contributed by atoms with Gasteiger partial charge in [-0.25, -0.2) is 5.43 Å². The fraction of sp³-hybridized carbons (Fsp3) is 0.636. The van der Waals surface area contributed by atoms with Crippen molar-refractivity contribution in [1.82, 2.24) is 5.43 Å². The molecule has 2 bridgehead atoms. The first-order chi connectivity index (χ1) is 12.8. The van der Waals surface area contributed by atoms with Gasteiger partial charge in [0.05, 0.1) is 13.7 Å². The SMILES string of the molecule is CCCCOc1ccc(C(=O)N/N=C2/C[C@H]3CC[C@]2(C)C3(C)C)cc1OC. The molecule has 2 fully saturated rings. The topological polar surface area (TPSA) is 59.9 Å². The van der Waals surface area contributed by atoms with Gasteiger partial charge in [0.2, 0.25) is 0 Å². The van der Waals surface area contributed by atoms with E-state index in [1.807, 2.05) is 0 Å². The van der Waals surface area contributed by atoms with Crippen LogP contribution in [-0.2, 0) is 0 Å². The van der Waals surface area contributed by atoms with Crippen molar-refractivity contribution >= 4 is 11.6 Å². The van der Waals surface area contributed by atoms with Gasteiger partial charge in [-0.15, -0.1) is 0 Å². The Bertz CT molecular complexity index is 741. The van der Waals surface area contributed by atoms with Gasteiger partial charge >= 0.3 is 0 Å². The van der Waals surface area contributed by atoms with Crippen LogP contribution in [0.3, 0.4) is 0 Å². The second-order valence-corrected chi connectivity index (χ2v) is 8.56. The predicted octanol–water partition coefficient (Wildman–Crippen LogP) is 4.81. The Morgan fingerprint density at radius 2 is 2.07 bits per heavy atom. The van der Waals surface area contributed by atoms with Crippen LogP contribution in [0.25, 0.3) is 0 Å². The molecule has 0 saturated heterocycles. The smallest absolute Gasteiger partial charge is 0.271 e. The fourth-order valence-corrected chi connectivity index (χ4v) is 4.53. The number of methoxy groups -OCH3 is 1. The van der Waals surface area contributed by atoms with Crippen molar-refractivity contribution in [2.45, 2.75) is 59.8 Å². The molecular weight excluding hydrogens is 340 g/mol. The van der Waals surface area contributed by atoms with E-state index in [0.717, 1.165) is 31.4 Å². The summed E-state index contributed by atoms with van der Waals surface area (Å²) in [5.41, 5.74) is 4.74. The maximum atomic E-state index is 12.6. The molecule has 0 aliphatic heterocycles.